The number of carbonyl (C=O) groups excluding carboxylic acids is 2. The van der Waals surface area contributed by atoms with Crippen molar-refractivity contribution >= 4 is 23.1 Å². The van der Waals surface area contributed by atoms with Crippen LogP contribution in [-0.2, 0) is 16.0 Å². The van der Waals surface area contributed by atoms with E-state index in [1.54, 1.807) is 36.4 Å². The van der Waals surface area contributed by atoms with Gasteiger partial charge in [0.25, 0.3) is 11.7 Å². The van der Waals surface area contributed by atoms with Gasteiger partial charge in [0.1, 0.15) is 23.4 Å². The quantitative estimate of drug-likeness (QED) is 0.332. The molecule has 6 heteroatoms. The molecular formula is C28H25NO5. The third-order valence-corrected chi connectivity index (χ3v) is 6.14. The number of aliphatic hydroxyl groups excluding tert-OH is 1. The van der Waals surface area contributed by atoms with E-state index < -0.39 is 17.7 Å². The normalized spacial score (nSPS) is 20.8. The summed E-state index contributed by atoms with van der Waals surface area (Å²) in [5.74, 6) is -0.239. The molecule has 2 heterocycles. The van der Waals surface area contributed by atoms with Gasteiger partial charge in [0.15, 0.2) is 0 Å². The zero-order valence-electron chi connectivity index (χ0n) is 19.0. The first-order valence-corrected chi connectivity index (χ1v) is 11.4. The average molecular weight is 456 g/mol. The van der Waals surface area contributed by atoms with E-state index in [0.29, 0.717) is 23.6 Å². The zero-order chi connectivity index (χ0) is 23.8. The number of amides is 1. The number of rotatable bonds is 5. The number of fused-ring (bicyclic) bond motifs is 1. The molecule has 1 fully saturated rings. The molecule has 0 aromatic heterocycles. The number of Topliss-reactive ketones (excluding diaryl/α,β-unsaturated/α-hetero) is 1. The van der Waals surface area contributed by atoms with Crippen molar-refractivity contribution in [1.82, 2.24) is 0 Å². The number of aliphatic hydroxyl groups is 1. The molecule has 172 valence electrons. The summed E-state index contributed by atoms with van der Waals surface area (Å²) in [5, 5.41) is 11.4. The van der Waals surface area contributed by atoms with Gasteiger partial charge < -0.3 is 14.6 Å². The summed E-state index contributed by atoms with van der Waals surface area (Å²) in [4.78, 5) is 28.1. The summed E-state index contributed by atoms with van der Waals surface area (Å²) in [6, 6.07) is 20.9. The Morgan fingerprint density at radius 3 is 2.62 bits per heavy atom. The molecule has 0 spiro atoms. The SMILES string of the molecule is CCOc1cccc(N2C(=O)C(=O)/C(=C(\O)c3ccc4c(c3)CC(C)O4)C2c2ccccc2)c1. The molecule has 3 aromatic carbocycles. The molecule has 3 aromatic rings. The first-order chi connectivity index (χ1) is 16.5. The van der Waals surface area contributed by atoms with Crippen LogP contribution in [0.25, 0.3) is 5.76 Å². The maximum absolute atomic E-state index is 13.3. The Morgan fingerprint density at radius 1 is 1.06 bits per heavy atom. The van der Waals surface area contributed by atoms with E-state index in [1.807, 2.05) is 50.2 Å². The van der Waals surface area contributed by atoms with Crippen LogP contribution in [0.15, 0.2) is 78.4 Å². The minimum Gasteiger partial charge on any atom is -0.507 e. The van der Waals surface area contributed by atoms with E-state index >= 15 is 0 Å². The summed E-state index contributed by atoms with van der Waals surface area (Å²) >= 11 is 0. The van der Waals surface area contributed by atoms with Gasteiger partial charge in [-0.15, -0.1) is 0 Å². The number of hydrogen-bond acceptors (Lipinski definition) is 5. The van der Waals surface area contributed by atoms with Crippen LogP contribution in [0, 0.1) is 0 Å². The van der Waals surface area contributed by atoms with Gasteiger partial charge in [0.2, 0.25) is 0 Å². The predicted octanol–water partition coefficient (Wildman–Crippen LogP) is 5.04. The highest BCUT2D eigenvalue weighted by atomic mass is 16.5. The molecule has 1 amide bonds. The highest BCUT2D eigenvalue weighted by Gasteiger charge is 2.47. The van der Waals surface area contributed by atoms with E-state index in [-0.39, 0.29) is 17.4 Å². The Hall–Kier alpha value is -4.06. The monoisotopic (exact) mass is 455 g/mol. The predicted molar refractivity (Wildman–Crippen MR) is 129 cm³/mol. The second-order valence-corrected chi connectivity index (χ2v) is 8.47. The Bertz CT molecular complexity index is 1300. The maximum atomic E-state index is 13.3. The molecule has 2 atom stereocenters. The van der Waals surface area contributed by atoms with Crippen LogP contribution in [-0.4, -0.2) is 29.5 Å². The first kappa shape index (κ1) is 21.8. The molecule has 6 nitrogen and oxygen atoms in total. The van der Waals surface area contributed by atoms with Gasteiger partial charge in [0.05, 0.1) is 18.2 Å². The second-order valence-electron chi connectivity index (χ2n) is 8.47. The third kappa shape index (κ3) is 3.71. The fourth-order valence-electron chi connectivity index (χ4n) is 4.66. The fourth-order valence-corrected chi connectivity index (χ4v) is 4.66. The highest BCUT2D eigenvalue weighted by molar-refractivity contribution is 6.51. The molecule has 1 N–H and O–H groups in total. The molecular weight excluding hydrogens is 430 g/mol. The summed E-state index contributed by atoms with van der Waals surface area (Å²) in [6.07, 6.45) is 0.775. The van der Waals surface area contributed by atoms with E-state index in [2.05, 4.69) is 0 Å². The number of ether oxygens (including phenoxy) is 2. The summed E-state index contributed by atoms with van der Waals surface area (Å²) < 4.78 is 11.4. The van der Waals surface area contributed by atoms with Crippen molar-refractivity contribution in [2.24, 2.45) is 0 Å². The number of hydrogen-bond donors (Lipinski definition) is 1. The lowest BCUT2D eigenvalue weighted by Gasteiger charge is -2.25. The van der Waals surface area contributed by atoms with E-state index in [1.165, 1.54) is 4.90 Å². The fraction of sp³-hybridized carbons (Fsp3) is 0.214. The molecule has 2 unspecified atom stereocenters. The van der Waals surface area contributed by atoms with Gasteiger partial charge in [-0.05, 0) is 55.3 Å². The Labute approximate surface area is 198 Å². The molecule has 2 aliphatic rings. The smallest absolute Gasteiger partial charge is 0.300 e. The Morgan fingerprint density at radius 2 is 1.85 bits per heavy atom. The second kappa shape index (κ2) is 8.71. The molecule has 5 rings (SSSR count). The average Bonchev–Trinajstić information content (AvgIpc) is 3.35. The molecule has 0 bridgehead atoms. The van der Waals surface area contributed by atoms with Crippen LogP contribution in [0.5, 0.6) is 11.5 Å². The standard InChI is InChI=1S/C28H25NO5/c1-3-33-22-11-7-10-21(16-22)29-25(18-8-5-4-6-9-18)24(27(31)28(29)32)26(30)19-12-13-23-20(15-19)14-17(2)34-23/h4-13,15-17,25,30H,3,14H2,1-2H3/b26-24-. The van der Waals surface area contributed by atoms with Crippen LogP contribution >= 0.6 is 0 Å². The number of benzene rings is 3. The molecule has 1 saturated heterocycles. The van der Waals surface area contributed by atoms with Crippen LogP contribution in [0.4, 0.5) is 5.69 Å². The first-order valence-electron chi connectivity index (χ1n) is 11.4. The minimum atomic E-state index is -0.776. The number of nitrogens with zero attached hydrogens (tertiary/aromatic N) is 1. The maximum Gasteiger partial charge on any atom is 0.300 e. The zero-order valence-corrected chi connectivity index (χ0v) is 19.0. The molecule has 0 saturated carbocycles. The Balaban J connectivity index is 1.66. The number of ketones is 1. The lowest BCUT2D eigenvalue weighted by Crippen LogP contribution is -2.29. The van der Waals surface area contributed by atoms with E-state index in [9.17, 15) is 14.7 Å². The largest absolute Gasteiger partial charge is 0.507 e. The van der Waals surface area contributed by atoms with E-state index in [4.69, 9.17) is 9.47 Å². The lowest BCUT2D eigenvalue weighted by molar-refractivity contribution is -0.132. The summed E-state index contributed by atoms with van der Waals surface area (Å²) in [5.41, 5.74) is 2.76. The van der Waals surface area contributed by atoms with Crippen molar-refractivity contribution in [3.63, 3.8) is 0 Å². The van der Waals surface area contributed by atoms with Gasteiger partial charge in [-0.25, -0.2) is 0 Å². The van der Waals surface area contributed by atoms with Crippen LogP contribution in [0.1, 0.15) is 36.6 Å². The van der Waals surface area contributed by atoms with E-state index in [0.717, 1.165) is 23.3 Å². The van der Waals surface area contributed by atoms with Crippen LogP contribution < -0.4 is 14.4 Å². The van der Waals surface area contributed by atoms with Crippen molar-refractivity contribution < 1.29 is 24.2 Å². The lowest BCUT2D eigenvalue weighted by atomic mass is 9.94. The summed E-state index contributed by atoms with van der Waals surface area (Å²) in [6.45, 7) is 4.34. The van der Waals surface area contributed by atoms with Crippen molar-refractivity contribution in [3.05, 3.63) is 95.1 Å². The van der Waals surface area contributed by atoms with Crippen LogP contribution in [0.2, 0.25) is 0 Å². The van der Waals surface area contributed by atoms with Gasteiger partial charge in [-0.2, -0.15) is 0 Å². The van der Waals surface area contributed by atoms with Gasteiger partial charge in [-0.3, -0.25) is 14.5 Å². The molecule has 2 aliphatic heterocycles. The van der Waals surface area contributed by atoms with Gasteiger partial charge in [0, 0.05) is 23.7 Å². The molecule has 34 heavy (non-hydrogen) atoms. The highest BCUT2D eigenvalue weighted by Crippen LogP contribution is 2.43. The van der Waals surface area contributed by atoms with Gasteiger partial charge in [-0.1, -0.05) is 36.4 Å². The van der Waals surface area contributed by atoms with Crippen LogP contribution in [0.3, 0.4) is 0 Å². The van der Waals surface area contributed by atoms with Crippen molar-refractivity contribution in [3.8, 4) is 11.5 Å². The molecule has 0 aliphatic carbocycles. The Kier molecular flexibility index (Phi) is 5.57. The van der Waals surface area contributed by atoms with Gasteiger partial charge >= 0.3 is 0 Å². The van der Waals surface area contributed by atoms with Crippen molar-refractivity contribution in [2.45, 2.75) is 32.4 Å². The summed E-state index contributed by atoms with van der Waals surface area (Å²) in [7, 11) is 0. The van der Waals surface area contributed by atoms with Crippen molar-refractivity contribution in [1.29, 1.82) is 0 Å². The topological polar surface area (TPSA) is 76.1 Å². The number of carbonyl (C=O) groups is 2. The third-order valence-electron chi connectivity index (χ3n) is 6.14. The number of anilines is 1. The molecule has 0 radical (unpaired) electrons. The minimum absolute atomic E-state index is 0.0555. The van der Waals surface area contributed by atoms with Crippen molar-refractivity contribution in [2.75, 3.05) is 11.5 Å².